The number of likely N-dealkylation sites (N-methyl/N-ethyl adjacent to an activating group) is 1. The third-order valence-electron chi connectivity index (χ3n) is 3.71. The number of amides is 1. The summed E-state index contributed by atoms with van der Waals surface area (Å²) < 4.78 is 11.4. The fourth-order valence-corrected chi connectivity index (χ4v) is 2.47. The number of nitrogens with zero attached hydrogens (tertiary/aromatic N) is 1. The summed E-state index contributed by atoms with van der Waals surface area (Å²) in [5.74, 6) is 0.564. The molecular formula is C19H17NO5. The van der Waals surface area contributed by atoms with Crippen molar-refractivity contribution in [1.82, 2.24) is 4.90 Å². The molecule has 1 heterocycles. The van der Waals surface area contributed by atoms with Crippen LogP contribution in [0.1, 0.15) is 5.56 Å². The maximum Gasteiger partial charge on any atom is 0.323 e. The van der Waals surface area contributed by atoms with Crippen molar-refractivity contribution in [2.45, 2.75) is 0 Å². The Hall–Kier alpha value is -3.28. The largest absolute Gasteiger partial charge is 0.488 e. The number of carboxylic acid groups (broad SMARTS) is 1. The Morgan fingerprint density at radius 1 is 1.20 bits per heavy atom. The molecule has 0 atom stereocenters. The van der Waals surface area contributed by atoms with Crippen molar-refractivity contribution in [2.75, 3.05) is 20.2 Å². The van der Waals surface area contributed by atoms with Gasteiger partial charge in [-0.3, -0.25) is 9.59 Å². The summed E-state index contributed by atoms with van der Waals surface area (Å²) in [5, 5.41) is 8.75. The molecule has 25 heavy (non-hydrogen) atoms. The van der Waals surface area contributed by atoms with E-state index in [4.69, 9.17) is 14.6 Å². The molecule has 0 bridgehead atoms. The van der Waals surface area contributed by atoms with Gasteiger partial charge in [-0.25, -0.2) is 0 Å². The molecule has 0 saturated carbocycles. The zero-order chi connectivity index (χ0) is 17.8. The van der Waals surface area contributed by atoms with Crippen molar-refractivity contribution in [1.29, 1.82) is 0 Å². The van der Waals surface area contributed by atoms with E-state index in [1.807, 2.05) is 36.4 Å². The van der Waals surface area contributed by atoms with Crippen molar-refractivity contribution in [3.63, 3.8) is 0 Å². The molecule has 0 fully saturated rings. The van der Waals surface area contributed by atoms with E-state index in [0.29, 0.717) is 17.1 Å². The monoisotopic (exact) mass is 339 g/mol. The van der Waals surface area contributed by atoms with E-state index in [1.54, 1.807) is 12.1 Å². The average Bonchev–Trinajstić information content (AvgIpc) is 2.97. The highest BCUT2D eigenvalue weighted by atomic mass is 16.5. The van der Waals surface area contributed by atoms with Gasteiger partial charge in [0, 0.05) is 30.3 Å². The lowest BCUT2D eigenvalue weighted by Crippen LogP contribution is -2.30. The lowest BCUT2D eigenvalue weighted by molar-refractivity contribution is -0.141. The maximum atomic E-state index is 12.1. The summed E-state index contributed by atoms with van der Waals surface area (Å²) in [7, 11) is 1.45. The first-order valence-electron chi connectivity index (χ1n) is 7.70. The van der Waals surface area contributed by atoms with Crippen LogP contribution in [0, 0.1) is 0 Å². The van der Waals surface area contributed by atoms with Gasteiger partial charge in [-0.05, 0) is 24.3 Å². The number of fused-ring (bicyclic) bond motifs is 1. The second-order valence-corrected chi connectivity index (χ2v) is 5.62. The number of aliphatic carboxylic acids is 1. The van der Waals surface area contributed by atoms with E-state index in [-0.39, 0.29) is 19.1 Å². The lowest BCUT2D eigenvalue weighted by atomic mass is 10.1. The molecule has 1 amide bonds. The van der Waals surface area contributed by atoms with E-state index < -0.39 is 5.97 Å². The van der Waals surface area contributed by atoms with Crippen LogP contribution < -0.4 is 9.47 Å². The molecule has 1 aliphatic heterocycles. The van der Waals surface area contributed by atoms with Gasteiger partial charge in [0.2, 0.25) is 5.91 Å². The van der Waals surface area contributed by atoms with Crippen LogP contribution in [0.5, 0.6) is 17.2 Å². The molecule has 0 aliphatic carbocycles. The molecule has 128 valence electrons. The molecule has 0 unspecified atom stereocenters. The van der Waals surface area contributed by atoms with Gasteiger partial charge in [-0.1, -0.05) is 18.2 Å². The number of carboxylic acids is 1. The second kappa shape index (κ2) is 7.09. The van der Waals surface area contributed by atoms with Gasteiger partial charge in [-0.15, -0.1) is 0 Å². The zero-order valence-corrected chi connectivity index (χ0v) is 13.6. The molecule has 6 heteroatoms. The van der Waals surface area contributed by atoms with Crippen molar-refractivity contribution >= 4 is 17.4 Å². The predicted octanol–water partition coefficient (Wildman–Crippen LogP) is 2.80. The molecule has 1 aliphatic rings. The van der Waals surface area contributed by atoms with Gasteiger partial charge in [0.25, 0.3) is 0 Å². The molecule has 0 saturated heterocycles. The van der Waals surface area contributed by atoms with E-state index in [9.17, 15) is 9.59 Å². The molecule has 0 aromatic heterocycles. The lowest BCUT2D eigenvalue weighted by Gasteiger charge is -2.12. The SMILES string of the molecule is CN(CC(=O)O)C(=O)/C=C1\COc2cc(Oc3ccccc3)ccc21. The Kier molecular flexibility index (Phi) is 4.70. The third kappa shape index (κ3) is 3.98. The normalized spacial score (nSPS) is 13.9. The number of para-hydroxylation sites is 1. The van der Waals surface area contributed by atoms with Crippen molar-refractivity contribution in [2.24, 2.45) is 0 Å². The second-order valence-electron chi connectivity index (χ2n) is 5.62. The van der Waals surface area contributed by atoms with Gasteiger partial charge >= 0.3 is 5.97 Å². The molecule has 2 aromatic rings. The minimum absolute atomic E-state index is 0.261. The third-order valence-corrected chi connectivity index (χ3v) is 3.71. The number of rotatable bonds is 5. The van der Waals surface area contributed by atoms with Gasteiger partial charge in [0.05, 0.1) is 0 Å². The van der Waals surface area contributed by atoms with Gasteiger partial charge < -0.3 is 19.5 Å². The molecular weight excluding hydrogens is 322 g/mol. The highest BCUT2D eigenvalue weighted by Gasteiger charge is 2.21. The fraction of sp³-hybridized carbons (Fsp3) is 0.158. The number of hydrogen-bond acceptors (Lipinski definition) is 4. The Balaban J connectivity index is 1.76. The highest BCUT2D eigenvalue weighted by Crippen LogP contribution is 2.37. The Labute approximate surface area is 144 Å². The van der Waals surface area contributed by atoms with E-state index in [2.05, 4.69) is 0 Å². The van der Waals surface area contributed by atoms with Gasteiger partial charge in [0.15, 0.2) is 0 Å². The van der Waals surface area contributed by atoms with Crippen molar-refractivity contribution < 1.29 is 24.2 Å². The van der Waals surface area contributed by atoms with Gasteiger partial charge in [-0.2, -0.15) is 0 Å². The van der Waals surface area contributed by atoms with Crippen LogP contribution in [0.3, 0.4) is 0 Å². The predicted molar refractivity (Wildman–Crippen MR) is 91.7 cm³/mol. The van der Waals surface area contributed by atoms with E-state index in [1.165, 1.54) is 13.1 Å². The number of hydrogen-bond donors (Lipinski definition) is 1. The summed E-state index contributed by atoms with van der Waals surface area (Å²) in [4.78, 5) is 23.9. The summed E-state index contributed by atoms with van der Waals surface area (Å²) in [6, 6.07) is 14.8. The summed E-state index contributed by atoms with van der Waals surface area (Å²) in [6.45, 7) is -0.0864. The standard InChI is InChI=1S/C19H17NO5/c1-20(11-19(22)23)18(21)9-13-12-24-17-10-15(7-8-16(13)17)25-14-5-3-2-4-6-14/h2-10H,11-12H2,1H3,(H,22,23)/b13-9+. The number of ether oxygens (including phenoxy) is 2. The summed E-state index contributed by atoms with van der Waals surface area (Å²) in [5.41, 5.74) is 1.51. The van der Waals surface area contributed by atoms with Crippen LogP contribution in [-0.4, -0.2) is 42.1 Å². The topological polar surface area (TPSA) is 76.1 Å². The first-order valence-corrected chi connectivity index (χ1v) is 7.70. The maximum absolute atomic E-state index is 12.1. The van der Waals surface area contributed by atoms with Gasteiger partial charge in [0.1, 0.15) is 30.4 Å². The number of carbonyl (C=O) groups excluding carboxylic acids is 1. The molecule has 1 N–H and O–H groups in total. The minimum atomic E-state index is -1.06. The number of carbonyl (C=O) groups is 2. The Bertz CT molecular complexity index is 829. The van der Waals surface area contributed by atoms with Crippen molar-refractivity contribution in [3.05, 3.63) is 60.2 Å². The van der Waals surface area contributed by atoms with E-state index in [0.717, 1.165) is 16.2 Å². The fourth-order valence-electron chi connectivity index (χ4n) is 2.47. The van der Waals surface area contributed by atoms with Crippen molar-refractivity contribution in [3.8, 4) is 17.2 Å². The molecule has 0 spiro atoms. The van der Waals surface area contributed by atoms with Crippen LogP contribution in [0.25, 0.3) is 5.57 Å². The van der Waals surface area contributed by atoms with Crippen LogP contribution in [-0.2, 0) is 9.59 Å². The number of benzene rings is 2. The first kappa shape index (κ1) is 16.6. The Morgan fingerprint density at radius 2 is 1.96 bits per heavy atom. The molecule has 6 nitrogen and oxygen atoms in total. The van der Waals surface area contributed by atoms with Crippen LogP contribution >= 0.6 is 0 Å². The highest BCUT2D eigenvalue weighted by molar-refractivity contribution is 5.98. The molecule has 0 radical (unpaired) electrons. The van der Waals surface area contributed by atoms with Crippen LogP contribution in [0.15, 0.2) is 54.6 Å². The summed E-state index contributed by atoms with van der Waals surface area (Å²) >= 11 is 0. The zero-order valence-electron chi connectivity index (χ0n) is 13.6. The quantitative estimate of drug-likeness (QED) is 0.848. The molecule has 2 aromatic carbocycles. The molecule has 3 rings (SSSR count). The summed E-state index contributed by atoms with van der Waals surface area (Å²) in [6.07, 6.45) is 1.41. The average molecular weight is 339 g/mol. The van der Waals surface area contributed by atoms with Crippen LogP contribution in [0.2, 0.25) is 0 Å². The smallest absolute Gasteiger partial charge is 0.323 e. The van der Waals surface area contributed by atoms with Crippen LogP contribution in [0.4, 0.5) is 0 Å². The minimum Gasteiger partial charge on any atom is -0.488 e. The van der Waals surface area contributed by atoms with E-state index >= 15 is 0 Å². The Morgan fingerprint density at radius 3 is 2.68 bits per heavy atom. The first-order chi connectivity index (χ1) is 12.0.